The maximum atomic E-state index is 9.16. The lowest BCUT2D eigenvalue weighted by atomic mass is 10.0. The molecule has 0 saturated carbocycles. The van der Waals surface area contributed by atoms with Crippen LogP contribution in [0.2, 0.25) is 0 Å². The highest BCUT2D eigenvalue weighted by Gasteiger charge is 2.21. The monoisotopic (exact) mass is 201 g/mol. The Morgan fingerprint density at radius 3 is 2.14 bits per heavy atom. The van der Waals surface area contributed by atoms with Gasteiger partial charge in [-0.2, -0.15) is 0 Å². The zero-order valence-electron chi connectivity index (χ0n) is 10.3. The van der Waals surface area contributed by atoms with Crippen LogP contribution in [-0.2, 0) is 0 Å². The Bertz CT molecular complexity index is 134. The lowest BCUT2D eigenvalue weighted by Gasteiger charge is -2.33. The van der Waals surface area contributed by atoms with Crippen LogP contribution in [0.25, 0.3) is 0 Å². The van der Waals surface area contributed by atoms with E-state index < -0.39 is 0 Å². The maximum absolute atomic E-state index is 9.16. The number of aliphatic hydroxyl groups is 1. The van der Waals surface area contributed by atoms with Crippen LogP contribution in [0.15, 0.2) is 0 Å². The number of likely N-dealkylation sites (N-methyl/N-ethyl adjacent to an activating group) is 1. The van der Waals surface area contributed by atoms with Gasteiger partial charge in [0.25, 0.3) is 0 Å². The Morgan fingerprint density at radius 2 is 1.64 bits per heavy atom. The molecule has 0 aliphatic carbocycles. The smallest absolute Gasteiger partial charge is 0.0609 e. The average molecular weight is 201 g/mol. The second-order valence-electron chi connectivity index (χ2n) is 4.81. The Labute approximate surface area is 89.3 Å². The molecule has 0 aromatic carbocycles. The molecular weight excluding hydrogens is 174 g/mol. The van der Waals surface area contributed by atoms with E-state index in [1.54, 1.807) is 0 Å². The zero-order chi connectivity index (χ0) is 11.0. The number of rotatable bonds is 8. The second-order valence-corrected chi connectivity index (χ2v) is 4.81. The summed E-state index contributed by atoms with van der Waals surface area (Å²) in [5.41, 5.74) is -0.0647. The van der Waals surface area contributed by atoms with E-state index in [2.05, 4.69) is 32.7 Å². The van der Waals surface area contributed by atoms with Gasteiger partial charge in [-0.3, -0.25) is 4.90 Å². The normalized spacial score (nSPS) is 12.4. The van der Waals surface area contributed by atoms with Crippen LogP contribution < -0.4 is 0 Å². The van der Waals surface area contributed by atoms with Crippen LogP contribution in [0.1, 0.15) is 52.9 Å². The molecule has 0 bridgehead atoms. The standard InChI is InChI=1S/C12H27NO/c1-5-6-7-8-9-10-13(4)12(2,3)11-14/h14H,5-11H2,1-4H3. The molecule has 0 heterocycles. The molecule has 0 rings (SSSR count). The molecule has 0 radical (unpaired) electrons. The van der Waals surface area contributed by atoms with E-state index in [1.807, 2.05) is 0 Å². The van der Waals surface area contributed by atoms with Crippen molar-refractivity contribution in [1.82, 2.24) is 4.90 Å². The highest BCUT2D eigenvalue weighted by molar-refractivity contribution is 4.77. The summed E-state index contributed by atoms with van der Waals surface area (Å²) in [6.45, 7) is 7.73. The highest BCUT2D eigenvalue weighted by Crippen LogP contribution is 2.12. The molecule has 0 amide bonds. The summed E-state index contributed by atoms with van der Waals surface area (Å²) in [6.07, 6.45) is 6.58. The molecule has 0 fully saturated rings. The number of aliphatic hydroxyl groups excluding tert-OH is 1. The van der Waals surface area contributed by atoms with Crippen molar-refractivity contribution < 1.29 is 5.11 Å². The minimum atomic E-state index is -0.0647. The number of nitrogens with zero attached hydrogens (tertiary/aromatic N) is 1. The first kappa shape index (κ1) is 13.9. The molecule has 1 N–H and O–H groups in total. The lowest BCUT2D eigenvalue weighted by molar-refractivity contribution is 0.0776. The van der Waals surface area contributed by atoms with Gasteiger partial charge in [-0.1, -0.05) is 32.6 Å². The fourth-order valence-corrected chi connectivity index (χ4v) is 1.38. The third-order valence-corrected chi connectivity index (χ3v) is 3.02. The van der Waals surface area contributed by atoms with E-state index >= 15 is 0 Å². The predicted octanol–water partition coefficient (Wildman–Crippen LogP) is 2.66. The Hall–Kier alpha value is -0.0800. The summed E-state index contributed by atoms with van der Waals surface area (Å²) in [5.74, 6) is 0. The second kappa shape index (κ2) is 7.24. The Balaban J connectivity index is 3.48. The molecule has 0 spiro atoms. The van der Waals surface area contributed by atoms with Crippen LogP contribution in [0.4, 0.5) is 0 Å². The van der Waals surface area contributed by atoms with Crippen LogP contribution >= 0.6 is 0 Å². The quantitative estimate of drug-likeness (QED) is 0.610. The summed E-state index contributed by atoms with van der Waals surface area (Å²) >= 11 is 0. The van der Waals surface area contributed by atoms with Crippen molar-refractivity contribution in [2.45, 2.75) is 58.4 Å². The summed E-state index contributed by atoms with van der Waals surface area (Å²) in [6, 6.07) is 0. The minimum Gasteiger partial charge on any atom is -0.394 e. The maximum Gasteiger partial charge on any atom is 0.0609 e. The van der Waals surface area contributed by atoms with E-state index in [1.165, 1.54) is 32.1 Å². The first-order chi connectivity index (χ1) is 6.54. The third-order valence-electron chi connectivity index (χ3n) is 3.02. The molecule has 2 nitrogen and oxygen atoms in total. The number of hydrogen-bond acceptors (Lipinski definition) is 2. The summed E-state index contributed by atoms with van der Waals surface area (Å²) in [4.78, 5) is 2.25. The molecule has 0 aliphatic rings. The van der Waals surface area contributed by atoms with E-state index in [4.69, 9.17) is 5.11 Å². The van der Waals surface area contributed by atoms with Crippen molar-refractivity contribution in [3.05, 3.63) is 0 Å². The van der Waals surface area contributed by atoms with E-state index in [0.717, 1.165) is 6.54 Å². The first-order valence-corrected chi connectivity index (χ1v) is 5.86. The van der Waals surface area contributed by atoms with E-state index in [-0.39, 0.29) is 12.1 Å². The lowest BCUT2D eigenvalue weighted by Crippen LogP contribution is -2.44. The third kappa shape index (κ3) is 5.61. The van der Waals surface area contributed by atoms with Crippen molar-refractivity contribution >= 4 is 0 Å². The van der Waals surface area contributed by atoms with Crippen molar-refractivity contribution in [2.75, 3.05) is 20.2 Å². The van der Waals surface area contributed by atoms with Gasteiger partial charge in [0.2, 0.25) is 0 Å². The highest BCUT2D eigenvalue weighted by atomic mass is 16.3. The molecule has 2 heteroatoms. The van der Waals surface area contributed by atoms with Gasteiger partial charge in [-0.05, 0) is 33.9 Å². The molecule has 0 aromatic rings. The Kier molecular flexibility index (Phi) is 7.20. The van der Waals surface area contributed by atoms with Crippen LogP contribution in [0.5, 0.6) is 0 Å². The first-order valence-electron chi connectivity index (χ1n) is 5.86. The number of unbranched alkanes of at least 4 members (excludes halogenated alkanes) is 4. The van der Waals surface area contributed by atoms with E-state index in [9.17, 15) is 0 Å². The van der Waals surface area contributed by atoms with Crippen molar-refractivity contribution in [3.63, 3.8) is 0 Å². The SMILES string of the molecule is CCCCCCCN(C)C(C)(C)CO. The zero-order valence-corrected chi connectivity index (χ0v) is 10.3. The average Bonchev–Trinajstić information content (AvgIpc) is 2.17. The molecular formula is C12H27NO. The summed E-state index contributed by atoms with van der Waals surface area (Å²) < 4.78 is 0. The van der Waals surface area contributed by atoms with Crippen molar-refractivity contribution in [2.24, 2.45) is 0 Å². The molecule has 0 unspecified atom stereocenters. The molecule has 0 saturated heterocycles. The van der Waals surface area contributed by atoms with Gasteiger partial charge in [0.1, 0.15) is 0 Å². The Morgan fingerprint density at radius 1 is 1.07 bits per heavy atom. The fraction of sp³-hybridized carbons (Fsp3) is 1.00. The largest absolute Gasteiger partial charge is 0.394 e. The van der Waals surface area contributed by atoms with Crippen LogP contribution in [-0.4, -0.2) is 35.7 Å². The van der Waals surface area contributed by atoms with Gasteiger partial charge in [0.05, 0.1) is 6.61 Å². The van der Waals surface area contributed by atoms with Crippen LogP contribution in [0, 0.1) is 0 Å². The summed E-state index contributed by atoms with van der Waals surface area (Å²) in [5, 5.41) is 9.16. The molecule has 14 heavy (non-hydrogen) atoms. The molecule has 0 aromatic heterocycles. The van der Waals surface area contributed by atoms with Gasteiger partial charge >= 0.3 is 0 Å². The van der Waals surface area contributed by atoms with Crippen molar-refractivity contribution in [1.29, 1.82) is 0 Å². The summed E-state index contributed by atoms with van der Waals surface area (Å²) in [7, 11) is 2.09. The molecule has 0 aliphatic heterocycles. The van der Waals surface area contributed by atoms with Gasteiger partial charge in [-0.25, -0.2) is 0 Å². The fourth-order valence-electron chi connectivity index (χ4n) is 1.38. The molecule has 86 valence electrons. The topological polar surface area (TPSA) is 23.5 Å². The number of hydrogen-bond donors (Lipinski definition) is 1. The minimum absolute atomic E-state index is 0.0647. The van der Waals surface area contributed by atoms with Gasteiger partial charge in [0.15, 0.2) is 0 Å². The van der Waals surface area contributed by atoms with Gasteiger partial charge < -0.3 is 5.11 Å². The predicted molar refractivity (Wildman–Crippen MR) is 62.6 cm³/mol. The van der Waals surface area contributed by atoms with Gasteiger partial charge in [0, 0.05) is 5.54 Å². The van der Waals surface area contributed by atoms with Gasteiger partial charge in [-0.15, -0.1) is 0 Å². The van der Waals surface area contributed by atoms with Crippen LogP contribution in [0.3, 0.4) is 0 Å². The van der Waals surface area contributed by atoms with Crippen molar-refractivity contribution in [3.8, 4) is 0 Å². The molecule has 0 atom stereocenters. The van der Waals surface area contributed by atoms with E-state index in [0.29, 0.717) is 0 Å².